The van der Waals surface area contributed by atoms with Crippen molar-refractivity contribution in [2.45, 2.75) is 12.5 Å². The van der Waals surface area contributed by atoms with Crippen LogP contribution in [-0.4, -0.2) is 40.4 Å². The highest BCUT2D eigenvalue weighted by atomic mass is 16.5. The Bertz CT molecular complexity index is 777. The lowest BCUT2D eigenvalue weighted by molar-refractivity contribution is 0.0661. The van der Waals surface area contributed by atoms with E-state index in [0.29, 0.717) is 31.8 Å². The number of para-hydroxylation sites is 1. The quantitative estimate of drug-likeness (QED) is 0.414. The lowest BCUT2D eigenvalue weighted by Gasteiger charge is -2.17. The Labute approximate surface area is 152 Å². The van der Waals surface area contributed by atoms with Gasteiger partial charge in [0, 0.05) is 12.0 Å². The molecule has 0 aliphatic rings. The van der Waals surface area contributed by atoms with E-state index in [1.165, 1.54) is 6.33 Å². The molecule has 0 aliphatic heterocycles. The highest BCUT2D eigenvalue weighted by molar-refractivity contribution is 5.96. The first-order valence-electron chi connectivity index (χ1n) is 8.51. The van der Waals surface area contributed by atoms with E-state index in [0.717, 1.165) is 5.75 Å². The summed E-state index contributed by atoms with van der Waals surface area (Å²) in [7, 11) is 0. The zero-order valence-electron chi connectivity index (χ0n) is 14.4. The second-order valence-electron chi connectivity index (χ2n) is 5.76. The van der Waals surface area contributed by atoms with Crippen molar-refractivity contribution in [1.82, 2.24) is 14.8 Å². The largest absolute Gasteiger partial charge is 0.491 e. The van der Waals surface area contributed by atoms with Gasteiger partial charge in [-0.15, -0.1) is 0 Å². The Kier molecular flexibility index (Phi) is 6.50. The molecule has 2 aromatic carbocycles. The highest BCUT2D eigenvalue weighted by Crippen LogP contribution is 2.15. The summed E-state index contributed by atoms with van der Waals surface area (Å²) >= 11 is 0. The van der Waals surface area contributed by atoms with Gasteiger partial charge in [-0.2, -0.15) is 5.10 Å². The fourth-order valence-electron chi connectivity index (χ4n) is 2.55. The van der Waals surface area contributed by atoms with Gasteiger partial charge in [-0.3, -0.25) is 4.79 Å². The molecule has 6 nitrogen and oxygen atoms in total. The van der Waals surface area contributed by atoms with Crippen LogP contribution in [0.25, 0.3) is 0 Å². The third-order valence-corrected chi connectivity index (χ3v) is 3.88. The summed E-state index contributed by atoms with van der Waals surface area (Å²) < 4.78 is 13.0. The molecule has 3 rings (SSSR count). The zero-order valence-corrected chi connectivity index (χ0v) is 14.4. The number of nitrogens with zero attached hydrogens (tertiary/aromatic N) is 3. The maximum absolute atomic E-state index is 12.5. The van der Waals surface area contributed by atoms with Gasteiger partial charge in [0.2, 0.25) is 0 Å². The fourth-order valence-corrected chi connectivity index (χ4v) is 2.55. The number of Topliss-reactive ketones (excluding diaryl/α,β-unsaturated/α-hetero) is 1. The third kappa shape index (κ3) is 5.26. The summed E-state index contributed by atoms with van der Waals surface area (Å²) in [6.45, 7) is 1.24. The Morgan fingerprint density at radius 3 is 2.42 bits per heavy atom. The maximum Gasteiger partial charge on any atom is 0.165 e. The van der Waals surface area contributed by atoms with Crippen molar-refractivity contribution < 1.29 is 14.3 Å². The van der Waals surface area contributed by atoms with Crippen molar-refractivity contribution >= 4 is 5.78 Å². The van der Waals surface area contributed by atoms with Crippen molar-refractivity contribution in [2.24, 2.45) is 0 Å². The average Bonchev–Trinajstić information content (AvgIpc) is 3.23. The third-order valence-electron chi connectivity index (χ3n) is 3.88. The molecule has 0 saturated carbocycles. The molecule has 0 saturated heterocycles. The summed E-state index contributed by atoms with van der Waals surface area (Å²) in [5.41, 5.74) is 0.685. The molecule has 134 valence electrons. The van der Waals surface area contributed by atoms with Crippen molar-refractivity contribution in [2.75, 3.05) is 19.8 Å². The van der Waals surface area contributed by atoms with Gasteiger partial charge in [0.1, 0.15) is 25.0 Å². The van der Waals surface area contributed by atoms with Crippen molar-refractivity contribution in [3.8, 4) is 5.75 Å². The minimum atomic E-state index is -0.207. The Morgan fingerprint density at radius 2 is 1.73 bits per heavy atom. The summed E-state index contributed by atoms with van der Waals surface area (Å²) in [6.07, 6.45) is 3.36. The molecular weight excluding hydrogens is 330 g/mol. The van der Waals surface area contributed by atoms with E-state index >= 15 is 0 Å². The van der Waals surface area contributed by atoms with Gasteiger partial charge < -0.3 is 9.47 Å². The van der Waals surface area contributed by atoms with E-state index in [-0.39, 0.29) is 11.8 Å². The monoisotopic (exact) mass is 351 g/mol. The van der Waals surface area contributed by atoms with E-state index in [2.05, 4.69) is 10.1 Å². The number of hydrogen-bond donors (Lipinski definition) is 0. The predicted molar refractivity (Wildman–Crippen MR) is 97.2 cm³/mol. The van der Waals surface area contributed by atoms with E-state index in [1.54, 1.807) is 11.0 Å². The average molecular weight is 351 g/mol. The smallest absolute Gasteiger partial charge is 0.165 e. The molecule has 0 aliphatic carbocycles. The van der Waals surface area contributed by atoms with Crippen LogP contribution in [0, 0.1) is 0 Å². The number of carbonyl (C=O) groups is 1. The maximum atomic E-state index is 12.5. The standard InChI is InChI=1S/C20H21N3O3/c24-20(17-7-3-1-4-8-17)13-18(23-16-21-15-22-23)14-25-11-12-26-19-9-5-2-6-10-19/h1-10,15-16,18H,11-14H2. The molecule has 0 amide bonds. The van der Waals surface area contributed by atoms with Gasteiger partial charge in [0.25, 0.3) is 0 Å². The molecule has 0 radical (unpaired) electrons. The number of aromatic nitrogens is 3. The predicted octanol–water partition coefficient (Wildman–Crippen LogP) is 3.19. The Balaban J connectivity index is 1.50. The van der Waals surface area contributed by atoms with Gasteiger partial charge in [-0.25, -0.2) is 9.67 Å². The van der Waals surface area contributed by atoms with E-state index in [9.17, 15) is 4.79 Å². The SMILES string of the molecule is O=C(CC(COCCOc1ccccc1)n1cncn1)c1ccccc1. The van der Waals surface area contributed by atoms with Crippen molar-refractivity contribution in [3.05, 3.63) is 78.9 Å². The molecule has 6 heteroatoms. The highest BCUT2D eigenvalue weighted by Gasteiger charge is 2.18. The Morgan fingerprint density at radius 1 is 1.00 bits per heavy atom. The topological polar surface area (TPSA) is 66.2 Å². The van der Waals surface area contributed by atoms with Crippen LogP contribution < -0.4 is 4.74 Å². The Hall–Kier alpha value is -2.99. The molecule has 1 unspecified atom stereocenters. The van der Waals surface area contributed by atoms with Crippen LogP contribution in [0.3, 0.4) is 0 Å². The minimum Gasteiger partial charge on any atom is -0.491 e. The number of rotatable bonds is 10. The number of ketones is 1. The number of carbonyl (C=O) groups excluding carboxylic acids is 1. The molecule has 1 atom stereocenters. The molecule has 0 spiro atoms. The van der Waals surface area contributed by atoms with E-state index < -0.39 is 0 Å². The normalized spacial score (nSPS) is 11.8. The second-order valence-corrected chi connectivity index (χ2v) is 5.76. The first kappa shape index (κ1) is 17.8. The van der Waals surface area contributed by atoms with Crippen LogP contribution in [0.1, 0.15) is 22.8 Å². The first-order valence-corrected chi connectivity index (χ1v) is 8.51. The van der Waals surface area contributed by atoms with Crippen molar-refractivity contribution in [1.29, 1.82) is 0 Å². The van der Waals surface area contributed by atoms with Gasteiger partial charge in [0.05, 0.1) is 19.3 Å². The van der Waals surface area contributed by atoms with Crippen LogP contribution in [0.2, 0.25) is 0 Å². The van der Waals surface area contributed by atoms with Gasteiger partial charge in [-0.05, 0) is 12.1 Å². The van der Waals surface area contributed by atoms with E-state index in [1.807, 2.05) is 60.7 Å². The molecule has 1 heterocycles. The van der Waals surface area contributed by atoms with Crippen LogP contribution in [0.4, 0.5) is 0 Å². The molecule has 26 heavy (non-hydrogen) atoms. The molecule has 3 aromatic rings. The number of benzene rings is 2. The summed E-state index contributed by atoms with van der Waals surface area (Å²) in [5, 5.41) is 4.15. The zero-order chi connectivity index (χ0) is 18.0. The molecule has 0 fully saturated rings. The van der Waals surface area contributed by atoms with Gasteiger partial charge >= 0.3 is 0 Å². The second kappa shape index (κ2) is 9.48. The summed E-state index contributed by atoms with van der Waals surface area (Å²) in [5.74, 6) is 0.860. The minimum absolute atomic E-state index is 0.0511. The van der Waals surface area contributed by atoms with Crippen LogP contribution in [-0.2, 0) is 4.74 Å². The molecule has 0 N–H and O–H groups in total. The first-order chi connectivity index (χ1) is 12.8. The molecule has 1 aromatic heterocycles. The number of hydrogen-bond acceptors (Lipinski definition) is 5. The lowest BCUT2D eigenvalue weighted by atomic mass is 10.0. The fraction of sp³-hybridized carbons (Fsp3) is 0.250. The van der Waals surface area contributed by atoms with Gasteiger partial charge in [0.15, 0.2) is 5.78 Å². The molecule has 0 bridgehead atoms. The van der Waals surface area contributed by atoms with Crippen LogP contribution in [0.5, 0.6) is 5.75 Å². The van der Waals surface area contributed by atoms with Crippen LogP contribution >= 0.6 is 0 Å². The summed E-state index contributed by atoms with van der Waals surface area (Å²) in [6, 6.07) is 18.6. The molecular formula is C20H21N3O3. The van der Waals surface area contributed by atoms with E-state index in [4.69, 9.17) is 9.47 Å². The van der Waals surface area contributed by atoms with Crippen molar-refractivity contribution in [3.63, 3.8) is 0 Å². The van der Waals surface area contributed by atoms with Crippen LogP contribution in [0.15, 0.2) is 73.3 Å². The summed E-state index contributed by atoms with van der Waals surface area (Å²) in [4.78, 5) is 16.4. The number of ether oxygens (including phenoxy) is 2. The lowest BCUT2D eigenvalue weighted by Crippen LogP contribution is -2.21. The van der Waals surface area contributed by atoms with Gasteiger partial charge in [-0.1, -0.05) is 48.5 Å².